The Bertz CT molecular complexity index is 1050. The Balaban J connectivity index is 2.17. The Kier molecular flexibility index (Phi) is 16.4. The zero-order chi connectivity index (χ0) is 30.7. The fourth-order valence-corrected chi connectivity index (χ4v) is 5.53. The number of carbonyl (C=O) groups excluding carboxylic acids is 3. The Morgan fingerprint density at radius 1 is 0.905 bits per heavy atom. The van der Waals surface area contributed by atoms with E-state index >= 15 is 0 Å². The summed E-state index contributed by atoms with van der Waals surface area (Å²) in [5, 5.41) is 2.61. The topological polar surface area (TPSA) is 94.2 Å². The molecule has 0 spiro atoms. The quantitative estimate of drug-likeness (QED) is 0.0934. The molecule has 8 heteroatoms. The molecular formula is C34H52N2O6. The zero-order valence-corrected chi connectivity index (χ0v) is 26.3. The fourth-order valence-electron chi connectivity index (χ4n) is 5.53. The molecule has 8 nitrogen and oxygen atoms in total. The van der Waals surface area contributed by atoms with Gasteiger partial charge in [0, 0.05) is 11.3 Å². The van der Waals surface area contributed by atoms with Gasteiger partial charge in [0.25, 0.3) is 0 Å². The smallest absolute Gasteiger partial charge is 0.418 e. The van der Waals surface area contributed by atoms with E-state index in [9.17, 15) is 14.4 Å². The van der Waals surface area contributed by atoms with Crippen LogP contribution < -0.4 is 10.1 Å². The van der Waals surface area contributed by atoms with E-state index in [4.69, 9.17) is 14.2 Å². The van der Waals surface area contributed by atoms with Crippen LogP contribution in [0.3, 0.4) is 0 Å². The minimum Gasteiger partial charge on any atom is -0.493 e. The Hall–Kier alpha value is -3.29. The van der Waals surface area contributed by atoms with Crippen molar-refractivity contribution >= 4 is 18.1 Å². The monoisotopic (exact) mass is 584 g/mol. The van der Waals surface area contributed by atoms with Crippen molar-refractivity contribution in [2.75, 3.05) is 13.2 Å². The number of urea groups is 1. The van der Waals surface area contributed by atoms with Gasteiger partial charge in [-0.2, -0.15) is 0 Å². The highest BCUT2D eigenvalue weighted by molar-refractivity contribution is 6.00. The number of carbonyl (C=O) groups is 3. The van der Waals surface area contributed by atoms with Gasteiger partial charge in [0.05, 0.1) is 25.0 Å². The van der Waals surface area contributed by atoms with E-state index < -0.39 is 24.1 Å². The maximum absolute atomic E-state index is 13.2. The fraction of sp³-hybridized carbons (Fsp3) is 0.618. The maximum atomic E-state index is 13.2. The number of esters is 1. The van der Waals surface area contributed by atoms with Gasteiger partial charge in [0.2, 0.25) is 0 Å². The summed E-state index contributed by atoms with van der Waals surface area (Å²) in [6.07, 6.45) is 17.3. The molecule has 0 saturated carbocycles. The number of aryl methyl sites for hydroxylation is 1. The minimum absolute atomic E-state index is 0.0728. The molecule has 42 heavy (non-hydrogen) atoms. The molecule has 3 amide bonds. The third-order valence-electron chi connectivity index (χ3n) is 7.60. The predicted octanol–water partition coefficient (Wildman–Crippen LogP) is 8.90. The number of ether oxygens (including phenoxy) is 3. The molecule has 0 fully saturated rings. The summed E-state index contributed by atoms with van der Waals surface area (Å²) in [5.74, 6) is -0.199. The van der Waals surface area contributed by atoms with Crippen LogP contribution in [0.25, 0.3) is 0 Å². The van der Waals surface area contributed by atoms with Gasteiger partial charge in [-0.3, -0.25) is 0 Å². The van der Waals surface area contributed by atoms with Crippen molar-refractivity contribution < 1.29 is 28.6 Å². The van der Waals surface area contributed by atoms with Gasteiger partial charge in [-0.1, -0.05) is 103 Å². The first kappa shape index (κ1) is 34.9. The molecule has 1 N–H and O–H groups in total. The number of unbranched alkanes of at least 4 members (excludes halogenated alkanes) is 12. The van der Waals surface area contributed by atoms with Gasteiger partial charge in [-0.25, -0.2) is 19.3 Å². The number of rotatable bonds is 20. The number of nitrogens with zero attached hydrogens (tertiary/aromatic N) is 1. The second kappa shape index (κ2) is 19.8. The van der Waals surface area contributed by atoms with Crippen LogP contribution in [0.1, 0.15) is 128 Å². The van der Waals surface area contributed by atoms with E-state index in [0.29, 0.717) is 30.0 Å². The molecule has 0 bridgehead atoms. The van der Waals surface area contributed by atoms with Crippen LogP contribution in [0.5, 0.6) is 5.75 Å². The van der Waals surface area contributed by atoms with Crippen molar-refractivity contribution in [3.63, 3.8) is 0 Å². The third-order valence-corrected chi connectivity index (χ3v) is 7.60. The second-order valence-corrected chi connectivity index (χ2v) is 10.8. The van der Waals surface area contributed by atoms with Crippen molar-refractivity contribution in [1.82, 2.24) is 10.2 Å². The second-order valence-electron chi connectivity index (χ2n) is 10.8. The maximum Gasteiger partial charge on any atom is 0.418 e. The number of hydrogen-bond acceptors (Lipinski definition) is 6. The SMILES string of the molecule is C=COC(=O)C1=C(C)NC(=O)N(C(=O)OCC)C1c1c(CCCCCCCCCCCCCCC)cccc1OCC. The number of allylic oxidation sites excluding steroid dienone is 1. The van der Waals surface area contributed by atoms with Gasteiger partial charge in [0.15, 0.2) is 0 Å². The van der Waals surface area contributed by atoms with Crippen molar-refractivity contribution in [3.05, 3.63) is 53.4 Å². The predicted molar refractivity (Wildman–Crippen MR) is 166 cm³/mol. The summed E-state index contributed by atoms with van der Waals surface area (Å²) >= 11 is 0. The highest BCUT2D eigenvalue weighted by atomic mass is 16.6. The number of hydrogen-bond donors (Lipinski definition) is 1. The molecule has 0 saturated heterocycles. The molecule has 0 aliphatic carbocycles. The minimum atomic E-state index is -1.08. The summed E-state index contributed by atoms with van der Waals surface area (Å²) in [5.41, 5.74) is 1.93. The van der Waals surface area contributed by atoms with Crippen molar-refractivity contribution in [2.24, 2.45) is 0 Å². The van der Waals surface area contributed by atoms with Crippen LogP contribution in [0.4, 0.5) is 9.59 Å². The van der Waals surface area contributed by atoms with E-state index in [2.05, 4.69) is 18.8 Å². The van der Waals surface area contributed by atoms with Crippen LogP contribution >= 0.6 is 0 Å². The molecule has 1 aromatic rings. The van der Waals surface area contributed by atoms with Crippen molar-refractivity contribution in [3.8, 4) is 5.75 Å². The molecule has 1 atom stereocenters. The molecule has 0 aromatic heterocycles. The average molecular weight is 585 g/mol. The van der Waals surface area contributed by atoms with Gasteiger partial charge >= 0.3 is 18.1 Å². The van der Waals surface area contributed by atoms with E-state index in [1.165, 1.54) is 64.2 Å². The Morgan fingerprint density at radius 3 is 2.05 bits per heavy atom. The van der Waals surface area contributed by atoms with E-state index in [1.54, 1.807) is 19.9 Å². The Labute approximate surface area is 252 Å². The number of imide groups is 1. The first-order chi connectivity index (χ1) is 20.4. The third kappa shape index (κ3) is 10.5. The van der Waals surface area contributed by atoms with Crippen LogP contribution in [0.15, 0.2) is 42.3 Å². The molecule has 1 unspecified atom stereocenters. The lowest BCUT2D eigenvalue weighted by Gasteiger charge is -2.36. The van der Waals surface area contributed by atoms with Crippen LogP contribution in [-0.4, -0.2) is 36.2 Å². The van der Waals surface area contributed by atoms with Gasteiger partial charge in [-0.05, 0) is 45.2 Å². The summed E-state index contributed by atoms with van der Waals surface area (Å²) in [6.45, 7) is 11.3. The van der Waals surface area contributed by atoms with E-state index in [1.807, 2.05) is 19.1 Å². The van der Waals surface area contributed by atoms with Gasteiger partial charge in [0.1, 0.15) is 11.8 Å². The number of amides is 3. The number of nitrogens with one attached hydrogen (secondary N) is 1. The highest BCUT2D eigenvalue weighted by Crippen LogP contribution is 2.41. The molecule has 1 aliphatic heterocycles. The molecule has 1 aliphatic rings. The lowest BCUT2D eigenvalue weighted by atomic mass is 9.88. The molecule has 1 aromatic carbocycles. The first-order valence-electron chi connectivity index (χ1n) is 15.9. The summed E-state index contributed by atoms with van der Waals surface area (Å²) in [7, 11) is 0. The summed E-state index contributed by atoms with van der Waals surface area (Å²) < 4.78 is 16.4. The first-order valence-corrected chi connectivity index (χ1v) is 15.9. The molecule has 2 rings (SSSR count). The van der Waals surface area contributed by atoms with Crippen molar-refractivity contribution in [2.45, 2.75) is 124 Å². The lowest BCUT2D eigenvalue weighted by molar-refractivity contribution is -0.134. The van der Waals surface area contributed by atoms with Gasteiger partial charge < -0.3 is 19.5 Å². The van der Waals surface area contributed by atoms with E-state index in [-0.39, 0.29) is 12.2 Å². The van der Waals surface area contributed by atoms with Crippen LogP contribution in [0.2, 0.25) is 0 Å². The number of benzene rings is 1. The molecule has 234 valence electrons. The standard InChI is InChI=1S/C34H52N2O6/c1-6-10-11-12-13-14-15-16-17-18-19-20-21-23-27-24-22-25-28(40-7-2)30(27)31-29(32(37)41-8-3)26(5)35-33(38)36(31)34(39)42-9-4/h8,22,24-25,31H,3,6-7,9-21,23H2,1-2,4-5H3,(H,35,38). The largest absolute Gasteiger partial charge is 0.493 e. The van der Waals surface area contributed by atoms with Crippen LogP contribution in [0, 0.1) is 0 Å². The van der Waals surface area contributed by atoms with Gasteiger partial charge in [-0.15, -0.1) is 0 Å². The Morgan fingerprint density at radius 2 is 1.50 bits per heavy atom. The highest BCUT2D eigenvalue weighted by Gasteiger charge is 2.44. The molecular weight excluding hydrogens is 532 g/mol. The molecule has 1 heterocycles. The lowest BCUT2D eigenvalue weighted by Crippen LogP contribution is -2.51. The van der Waals surface area contributed by atoms with Crippen molar-refractivity contribution in [1.29, 1.82) is 0 Å². The summed E-state index contributed by atoms with van der Waals surface area (Å²) in [6, 6.07) is 3.92. The average Bonchev–Trinajstić information content (AvgIpc) is 2.95. The van der Waals surface area contributed by atoms with Crippen LogP contribution in [-0.2, 0) is 20.7 Å². The van der Waals surface area contributed by atoms with E-state index in [0.717, 1.165) is 36.0 Å². The molecule has 0 radical (unpaired) electrons. The zero-order valence-electron chi connectivity index (χ0n) is 26.3. The normalized spacial score (nSPS) is 14.9. The summed E-state index contributed by atoms with van der Waals surface area (Å²) in [4.78, 5) is 40.4.